The first-order valence-electron chi connectivity index (χ1n) is 5.97. The first-order valence-corrected chi connectivity index (χ1v) is 7.14. The van der Waals surface area contributed by atoms with Crippen molar-refractivity contribution in [2.24, 2.45) is 0 Å². The maximum absolute atomic E-state index is 12.5. The second-order valence-corrected chi connectivity index (χ2v) is 5.75. The van der Waals surface area contributed by atoms with E-state index in [1.807, 2.05) is 12.1 Å². The maximum atomic E-state index is 12.5. The standard InChI is InChI=1S/C15H12BrClF2O/c16-12-6-5-11(13(17)8-12)7-14(20)9-1-3-10(4-2-9)15(18)19/h1-6,8,14-15,20H,7H2. The zero-order valence-corrected chi connectivity index (χ0v) is 12.7. The van der Waals surface area contributed by atoms with E-state index < -0.39 is 12.5 Å². The van der Waals surface area contributed by atoms with Crippen LogP contribution in [0, 0.1) is 0 Å². The Kier molecular flexibility index (Phi) is 5.13. The van der Waals surface area contributed by atoms with Gasteiger partial charge < -0.3 is 5.11 Å². The minimum atomic E-state index is -2.50. The van der Waals surface area contributed by atoms with E-state index in [9.17, 15) is 13.9 Å². The summed E-state index contributed by atoms with van der Waals surface area (Å²) in [5.74, 6) is 0. The fourth-order valence-electron chi connectivity index (χ4n) is 1.88. The van der Waals surface area contributed by atoms with E-state index in [1.54, 1.807) is 6.07 Å². The van der Waals surface area contributed by atoms with E-state index in [4.69, 9.17) is 11.6 Å². The molecule has 0 saturated heterocycles. The molecule has 0 aromatic heterocycles. The molecular weight excluding hydrogens is 350 g/mol. The van der Waals surface area contributed by atoms with Crippen LogP contribution in [0.4, 0.5) is 8.78 Å². The quantitative estimate of drug-likeness (QED) is 0.782. The number of aliphatic hydroxyl groups excluding tert-OH is 1. The molecule has 0 radical (unpaired) electrons. The molecule has 0 bridgehead atoms. The molecule has 1 atom stereocenters. The lowest BCUT2D eigenvalue weighted by atomic mass is 10.0. The molecule has 2 rings (SSSR count). The molecule has 0 aliphatic rings. The molecule has 106 valence electrons. The second kappa shape index (κ2) is 6.66. The van der Waals surface area contributed by atoms with E-state index >= 15 is 0 Å². The molecule has 1 nitrogen and oxygen atoms in total. The van der Waals surface area contributed by atoms with E-state index in [-0.39, 0.29) is 5.56 Å². The third-order valence-electron chi connectivity index (χ3n) is 3.00. The van der Waals surface area contributed by atoms with Gasteiger partial charge in [0.2, 0.25) is 0 Å². The molecule has 0 saturated carbocycles. The molecule has 0 amide bonds. The van der Waals surface area contributed by atoms with Crippen LogP contribution in [0.5, 0.6) is 0 Å². The van der Waals surface area contributed by atoms with Crippen LogP contribution in [0.3, 0.4) is 0 Å². The third kappa shape index (κ3) is 3.78. The van der Waals surface area contributed by atoms with Gasteiger partial charge in [-0.15, -0.1) is 0 Å². The van der Waals surface area contributed by atoms with Gasteiger partial charge in [-0.2, -0.15) is 0 Å². The third-order valence-corrected chi connectivity index (χ3v) is 3.85. The van der Waals surface area contributed by atoms with Gasteiger partial charge in [0, 0.05) is 21.5 Å². The van der Waals surface area contributed by atoms with Crippen molar-refractivity contribution in [3.05, 3.63) is 68.7 Å². The van der Waals surface area contributed by atoms with E-state index in [1.165, 1.54) is 24.3 Å². The summed E-state index contributed by atoms with van der Waals surface area (Å²) in [6.45, 7) is 0. The lowest BCUT2D eigenvalue weighted by Crippen LogP contribution is -2.02. The minimum Gasteiger partial charge on any atom is -0.388 e. The molecule has 0 aliphatic carbocycles. The Balaban J connectivity index is 2.13. The predicted molar refractivity (Wildman–Crippen MR) is 79.2 cm³/mol. The van der Waals surface area contributed by atoms with Gasteiger partial charge in [-0.05, 0) is 23.3 Å². The van der Waals surface area contributed by atoms with Gasteiger partial charge in [-0.3, -0.25) is 0 Å². The summed E-state index contributed by atoms with van der Waals surface area (Å²) in [5, 5.41) is 10.7. The van der Waals surface area contributed by atoms with Crippen molar-refractivity contribution in [2.45, 2.75) is 19.0 Å². The molecule has 0 spiro atoms. The van der Waals surface area contributed by atoms with Crippen LogP contribution in [0.15, 0.2) is 46.9 Å². The Morgan fingerprint density at radius 2 is 1.65 bits per heavy atom. The van der Waals surface area contributed by atoms with Crippen molar-refractivity contribution in [3.63, 3.8) is 0 Å². The summed E-state index contributed by atoms with van der Waals surface area (Å²) < 4.78 is 25.8. The van der Waals surface area contributed by atoms with Crippen molar-refractivity contribution in [1.29, 1.82) is 0 Å². The van der Waals surface area contributed by atoms with E-state index in [2.05, 4.69) is 15.9 Å². The highest BCUT2D eigenvalue weighted by molar-refractivity contribution is 9.10. The number of halogens is 4. The highest BCUT2D eigenvalue weighted by Gasteiger charge is 2.13. The van der Waals surface area contributed by atoms with Crippen LogP contribution in [-0.2, 0) is 6.42 Å². The highest BCUT2D eigenvalue weighted by Crippen LogP contribution is 2.27. The Hall–Kier alpha value is -0.970. The molecule has 5 heteroatoms. The van der Waals surface area contributed by atoms with Gasteiger partial charge in [-0.25, -0.2) is 8.78 Å². The summed E-state index contributed by atoms with van der Waals surface area (Å²) in [6, 6.07) is 11.1. The van der Waals surface area contributed by atoms with Crippen molar-refractivity contribution >= 4 is 27.5 Å². The summed E-state index contributed by atoms with van der Waals surface area (Å²) in [4.78, 5) is 0. The number of benzene rings is 2. The normalized spacial score (nSPS) is 12.7. The molecule has 0 heterocycles. The topological polar surface area (TPSA) is 20.2 Å². The van der Waals surface area contributed by atoms with E-state index in [0.29, 0.717) is 17.0 Å². The SMILES string of the molecule is OC(Cc1ccc(Br)cc1Cl)c1ccc(C(F)F)cc1. The zero-order chi connectivity index (χ0) is 14.7. The van der Waals surface area contributed by atoms with Gasteiger partial charge in [0.05, 0.1) is 6.10 Å². The molecule has 1 N–H and O–H groups in total. The first kappa shape index (κ1) is 15.4. The fraction of sp³-hybridized carbons (Fsp3) is 0.200. The van der Waals surface area contributed by atoms with Crippen molar-refractivity contribution in [1.82, 2.24) is 0 Å². The molecule has 20 heavy (non-hydrogen) atoms. The van der Waals surface area contributed by atoms with Crippen LogP contribution >= 0.6 is 27.5 Å². The Labute approximate surface area is 129 Å². The monoisotopic (exact) mass is 360 g/mol. The van der Waals surface area contributed by atoms with Gasteiger partial charge in [0.1, 0.15) is 0 Å². The first-order chi connectivity index (χ1) is 9.47. The second-order valence-electron chi connectivity index (χ2n) is 4.42. The lowest BCUT2D eigenvalue weighted by Gasteiger charge is -2.13. The number of alkyl halides is 2. The van der Waals surface area contributed by atoms with Gasteiger partial charge in [-0.1, -0.05) is 57.9 Å². The van der Waals surface area contributed by atoms with Crippen LogP contribution in [0.2, 0.25) is 5.02 Å². The van der Waals surface area contributed by atoms with Crippen molar-refractivity contribution < 1.29 is 13.9 Å². The Morgan fingerprint density at radius 3 is 2.20 bits per heavy atom. The van der Waals surface area contributed by atoms with Crippen molar-refractivity contribution in [3.8, 4) is 0 Å². The molecule has 0 aliphatic heterocycles. The summed E-state index contributed by atoms with van der Waals surface area (Å²) >= 11 is 9.40. The van der Waals surface area contributed by atoms with Crippen LogP contribution in [-0.4, -0.2) is 5.11 Å². The number of aliphatic hydroxyl groups is 1. The average molecular weight is 362 g/mol. The summed E-state index contributed by atoms with van der Waals surface area (Å²) in [6.07, 6.45) is -2.94. The highest BCUT2D eigenvalue weighted by atomic mass is 79.9. The number of hydrogen-bond donors (Lipinski definition) is 1. The maximum Gasteiger partial charge on any atom is 0.263 e. The van der Waals surface area contributed by atoms with Gasteiger partial charge in [0.25, 0.3) is 6.43 Å². The molecule has 2 aromatic rings. The lowest BCUT2D eigenvalue weighted by molar-refractivity contribution is 0.151. The Bertz CT molecular complexity index is 587. The Morgan fingerprint density at radius 1 is 1.05 bits per heavy atom. The number of hydrogen-bond acceptors (Lipinski definition) is 1. The molecular formula is C15H12BrClF2O. The minimum absolute atomic E-state index is 0.0531. The largest absolute Gasteiger partial charge is 0.388 e. The van der Waals surface area contributed by atoms with Crippen LogP contribution in [0.1, 0.15) is 29.2 Å². The van der Waals surface area contributed by atoms with Crippen LogP contribution in [0.25, 0.3) is 0 Å². The zero-order valence-electron chi connectivity index (χ0n) is 10.4. The average Bonchev–Trinajstić information content (AvgIpc) is 2.42. The summed E-state index contributed by atoms with van der Waals surface area (Å²) in [5.41, 5.74) is 1.34. The summed E-state index contributed by atoms with van der Waals surface area (Å²) in [7, 11) is 0. The molecule has 0 fully saturated rings. The van der Waals surface area contributed by atoms with E-state index in [0.717, 1.165) is 10.0 Å². The fourth-order valence-corrected chi connectivity index (χ4v) is 2.63. The smallest absolute Gasteiger partial charge is 0.263 e. The van der Waals surface area contributed by atoms with Crippen molar-refractivity contribution in [2.75, 3.05) is 0 Å². The number of rotatable bonds is 4. The molecule has 1 unspecified atom stereocenters. The van der Waals surface area contributed by atoms with Gasteiger partial charge in [0.15, 0.2) is 0 Å². The van der Waals surface area contributed by atoms with Crippen LogP contribution < -0.4 is 0 Å². The van der Waals surface area contributed by atoms with Gasteiger partial charge >= 0.3 is 0 Å². The molecule has 2 aromatic carbocycles. The predicted octanol–water partition coefficient (Wildman–Crippen LogP) is 5.32.